The van der Waals surface area contributed by atoms with Crippen LogP contribution in [0.5, 0.6) is 0 Å². The van der Waals surface area contributed by atoms with Crippen LogP contribution in [-0.4, -0.2) is 0 Å². The first-order valence-corrected chi connectivity index (χ1v) is 5.55. The van der Waals surface area contributed by atoms with Crippen molar-refractivity contribution in [2.24, 2.45) is 11.8 Å². The fourth-order valence-electron chi connectivity index (χ4n) is 2.33. The van der Waals surface area contributed by atoms with Gasteiger partial charge in [0.2, 0.25) is 0 Å². The molecule has 3 aliphatic carbocycles. The number of allylic oxidation sites excluding steroid dienone is 7. The van der Waals surface area contributed by atoms with Crippen LogP contribution in [0.15, 0.2) is 48.6 Å². The molecule has 1 saturated carbocycles. The van der Waals surface area contributed by atoms with Gasteiger partial charge in [-0.2, -0.15) is 0 Å². The van der Waals surface area contributed by atoms with E-state index in [1.165, 1.54) is 24.8 Å². The van der Waals surface area contributed by atoms with E-state index in [0.29, 0.717) is 0 Å². The molecule has 0 saturated heterocycles. The average molecular weight is 186 g/mol. The third-order valence-corrected chi connectivity index (χ3v) is 3.23. The van der Waals surface area contributed by atoms with Gasteiger partial charge in [-0.15, -0.1) is 0 Å². The highest BCUT2D eigenvalue weighted by Gasteiger charge is 2.25. The van der Waals surface area contributed by atoms with E-state index >= 15 is 0 Å². The van der Waals surface area contributed by atoms with Crippen LogP contribution in [-0.2, 0) is 0 Å². The molecule has 0 nitrogen and oxygen atoms in total. The molecule has 3 rings (SSSR count). The highest BCUT2D eigenvalue weighted by atomic mass is 14.3. The van der Waals surface area contributed by atoms with E-state index in [2.05, 4.69) is 37.0 Å². The van der Waals surface area contributed by atoms with Gasteiger partial charge in [0.05, 0.1) is 0 Å². The van der Waals surface area contributed by atoms with E-state index in [0.717, 1.165) is 18.3 Å². The largest absolute Gasteiger partial charge is 0.0988 e. The lowest BCUT2D eigenvalue weighted by Gasteiger charge is -1.96. The first-order valence-electron chi connectivity index (χ1n) is 5.55. The quantitative estimate of drug-likeness (QED) is 0.542. The van der Waals surface area contributed by atoms with Crippen molar-refractivity contribution in [1.82, 2.24) is 0 Å². The van der Waals surface area contributed by atoms with E-state index in [1.807, 2.05) is 6.08 Å². The van der Waals surface area contributed by atoms with E-state index in [9.17, 15) is 0 Å². The summed E-state index contributed by atoms with van der Waals surface area (Å²) < 4.78 is 0. The molecule has 0 radical (unpaired) electrons. The molecule has 0 heteroatoms. The molecule has 2 unspecified atom stereocenters. The molecule has 74 valence electrons. The van der Waals surface area contributed by atoms with Crippen LogP contribution in [0.4, 0.5) is 0 Å². The summed E-state index contributed by atoms with van der Waals surface area (Å²) in [4.78, 5) is 0. The average Bonchev–Trinajstić information content (AvgIpc) is 2.97. The van der Waals surface area contributed by atoms with Crippen LogP contribution in [0.3, 0.4) is 0 Å². The standard InChI is InChI=1S/C7H10.C7H8/c1-2-7-4-3-6(1)5-7;1-2-7-5-3-4-6-7/h1-2,6-7H,3-5H2;2-5H,1,6H2. The Morgan fingerprint density at radius 1 is 1.21 bits per heavy atom. The summed E-state index contributed by atoms with van der Waals surface area (Å²) in [6, 6.07) is 0. The lowest BCUT2D eigenvalue weighted by atomic mass is 10.1. The van der Waals surface area contributed by atoms with Crippen LogP contribution in [0, 0.1) is 11.8 Å². The second-order valence-corrected chi connectivity index (χ2v) is 4.30. The van der Waals surface area contributed by atoms with Gasteiger partial charge in [0.1, 0.15) is 0 Å². The Morgan fingerprint density at radius 3 is 2.14 bits per heavy atom. The zero-order valence-corrected chi connectivity index (χ0v) is 8.65. The summed E-state index contributed by atoms with van der Waals surface area (Å²) in [6.45, 7) is 3.63. The van der Waals surface area contributed by atoms with E-state index in [-0.39, 0.29) is 0 Å². The Labute approximate surface area is 86.7 Å². The summed E-state index contributed by atoms with van der Waals surface area (Å²) in [5, 5.41) is 0. The van der Waals surface area contributed by atoms with Gasteiger partial charge in [0.15, 0.2) is 0 Å². The van der Waals surface area contributed by atoms with Gasteiger partial charge in [-0.3, -0.25) is 0 Å². The fraction of sp³-hybridized carbons (Fsp3) is 0.429. The number of rotatable bonds is 1. The Bertz CT molecular complexity index is 279. The van der Waals surface area contributed by atoms with E-state index < -0.39 is 0 Å². The van der Waals surface area contributed by atoms with Gasteiger partial charge in [-0.05, 0) is 43.1 Å². The third-order valence-electron chi connectivity index (χ3n) is 3.23. The Balaban J connectivity index is 0.000000107. The van der Waals surface area contributed by atoms with Crippen molar-refractivity contribution in [3.8, 4) is 0 Å². The minimum atomic E-state index is 0.991. The predicted octanol–water partition coefficient (Wildman–Crippen LogP) is 4.03. The maximum Gasteiger partial charge on any atom is -0.00945 e. The first kappa shape index (κ1) is 9.51. The van der Waals surface area contributed by atoms with Gasteiger partial charge in [0, 0.05) is 0 Å². The van der Waals surface area contributed by atoms with Crippen LogP contribution in [0.25, 0.3) is 0 Å². The molecule has 3 aliphatic rings. The second kappa shape index (κ2) is 4.45. The predicted molar refractivity (Wildman–Crippen MR) is 62.0 cm³/mol. The van der Waals surface area contributed by atoms with Crippen LogP contribution in [0.1, 0.15) is 25.7 Å². The molecule has 2 bridgehead atoms. The Hall–Kier alpha value is -1.04. The number of fused-ring (bicyclic) bond motifs is 2. The van der Waals surface area contributed by atoms with Crippen molar-refractivity contribution in [2.75, 3.05) is 0 Å². The van der Waals surface area contributed by atoms with Gasteiger partial charge in [-0.25, -0.2) is 0 Å². The molecular weight excluding hydrogens is 168 g/mol. The van der Waals surface area contributed by atoms with Gasteiger partial charge < -0.3 is 0 Å². The fourth-order valence-corrected chi connectivity index (χ4v) is 2.33. The summed E-state index contributed by atoms with van der Waals surface area (Å²) in [7, 11) is 0. The van der Waals surface area contributed by atoms with Gasteiger partial charge in [0.25, 0.3) is 0 Å². The van der Waals surface area contributed by atoms with Crippen LogP contribution in [0.2, 0.25) is 0 Å². The topological polar surface area (TPSA) is 0 Å². The maximum atomic E-state index is 3.63. The number of hydrogen-bond acceptors (Lipinski definition) is 0. The summed E-state index contributed by atoms with van der Waals surface area (Å²) >= 11 is 0. The monoisotopic (exact) mass is 186 g/mol. The minimum Gasteiger partial charge on any atom is -0.0988 e. The Kier molecular flexibility index (Phi) is 3.03. The molecule has 0 spiro atoms. The molecule has 0 N–H and O–H groups in total. The second-order valence-electron chi connectivity index (χ2n) is 4.30. The van der Waals surface area contributed by atoms with Gasteiger partial charge in [-0.1, -0.05) is 43.0 Å². The highest BCUT2D eigenvalue weighted by Crippen LogP contribution is 2.38. The van der Waals surface area contributed by atoms with Crippen molar-refractivity contribution >= 4 is 0 Å². The zero-order chi connectivity index (χ0) is 9.80. The summed E-state index contributed by atoms with van der Waals surface area (Å²) in [5.74, 6) is 1.98. The van der Waals surface area contributed by atoms with Crippen molar-refractivity contribution in [2.45, 2.75) is 25.7 Å². The first-order chi connectivity index (χ1) is 6.88. The van der Waals surface area contributed by atoms with Gasteiger partial charge >= 0.3 is 0 Å². The Morgan fingerprint density at radius 2 is 1.93 bits per heavy atom. The molecule has 1 fully saturated rings. The lowest BCUT2D eigenvalue weighted by molar-refractivity contribution is 0.691. The lowest BCUT2D eigenvalue weighted by Crippen LogP contribution is -1.82. The molecule has 0 heterocycles. The summed E-state index contributed by atoms with van der Waals surface area (Å²) in [5.41, 5.74) is 1.32. The zero-order valence-electron chi connectivity index (χ0n) is 8.65. The van der Waals surface area contributed by atoms with Crippen molar-refractivity contribution < 1.29 is 0 Å². The maximum absolute atomic E-state index is 3.63. The SMILES string of the molecule is C1=CC2CCC1C2.C=CC1=CC=CC1. The van der Waals surface area contributed by atoms with Crippen molar-refractivity contribution in [1.29, 1.82) is 0 Å². The smallest absolute Gasteiger partial charge is 0.00945 e. The molecule has 0 aromatic rings. The molecular formula is C14H18. The minimum absolute atomic E-state index is 0.991. The molecule has 2 atom stereocenters. The normalized spacial score (nSPS) is 31.3. The van der Waals surface area contributed by atoms with Crippen LogP contribution >= 0.6 is 0 Å². The van der Waals surface area contributed by atoms with E-state index in [4.69, 9.17) is 0 Å². The molecule has 0 aliphatic heterocycles. The summed E-state index contributed by atoms with van der Waals surface area (Å²) in [6.07, 6.45) is 18.4. The van der Waals surface area contributed by atoms with Crippen molar-refractivity contribution in [3.05, 3.63) is 48.6 Å². The third kappa shape index (κ3) is 2.25. The highest BCUT2D eigenvalue weighted by molar-refractivity contribution is 5.30. The van der Waals surface area contributed by atoms with Crippen LogP contribution < -0.4 is 0 Å². The van der Waals surface area contributed by atoms with E-state index in [1.54, 1.807) is 0 Å². The molecule has 0 amide bonds. The van der Waals surface area contributed by atoms with Crippen molar-refractivity contribution in [3.63, 3.8) is 0 Å². The molecule has 0 aromatic carbocycles. The number of hydrogen-bond donors (Lipinski definition) is 0. The molecule has 0 aromatic heterocycles. The molecule has 14 heavy (non-hydrogen) atoms.